The molecule has 7 atom stereocenters. The maximum atomic E-state index is 13.1. The van der Waals surface area contributed by atoms with Crippen molar-refractivity contribution < 1.29 is 68.8 Å². The Hall–Kier alpha value is -1.32. The van der Waals surface area contributed by atoms with Gasteiger partial charge in [-0.1, -0.05) is 25.5 Å². The molecule has 3 saturated carbocycles. The standard InChI is InChI=1S/C25H32O8.Na/c1-23-9-7-15(26)11-14(23)3-4-16-17-8-10-25(32,24(17,2)12-18(27)22(16)23)19(28)13-33-21(31)6-5-20(29)30;/h7,9,11,16-18,22,27,32H,3-6,8,10,12-13H2,1-2H3,(H,29,30);/q;+1/p-1. The van der Waals surface area contributed by atoms with Crippen molar-refractivity contribution in [3.05, 3.63) is 23.8 Å². The number of carboxylic acids is 1. The maximum Gasteiger partial charge on any atom is 1.00 e. The number of carboxylic acid groups (broad SMARTS) is 1. The van der Waals surface area contributed by atoms with E-state index in [0.717, 1.165) is 18.4 Å². The van der Waals surface area contributed by atoms with Gasteiger partial charge in [0.05, 0.1) is 12.5 Å². The summed E-state index contributed by atoms with van der Waals surface area (Å²) in [5.74, 6) is -2.91. The van der Waals surface area contributed by atoms with E-state index in [0.29, 0.717) is 6.42 Å². The number of hydrogen-bond donors (Lipinski definition) is 2. The van der Waals surface area contributed by atoms with Crippen LogP contribution in [0.4, 0.5) is 0 Å². The van der Waals surface area contributed by atoms with Gasteiger partial charge >= 0.3 is 35.5 Å². The van der Waals surface area contributed by atoms with Crippen LogP contribution < -0.4 is 34.7 Å². The largest absolute Gasteiger partial charge is 1.00 e. The topological polar surface area (TPSA) is 141 Å². The summed E-state index contributed by atoms with van der Waals surface area (Å²) in [6.45, 7) is 3.26. The number of aliphatic hydroxyl groups is 2. The fraction of sp³-hybridized carbons (Fsp3) is 0.680. The molecule has 0 aromatic heterocycles. The molecule has 0 aromatic carbocycles. The van der Waals surface area contributed by atoms with E-state index in [9.17, 15) is 34.5 Å². The van der Waals surface area contributed by atoms with Crippen molar-refractivity contribution in [1.29, 1.82) is 0 Å². The Bertz CT molecular complexity index is 957. The van der Waals surface area contributed by atoms with E-state index in [1.165, 1.54) is 0 Å². The van der Waals surface area contributed by atoms with E-state index in [-0.39, 0.29) is 65.9 Å². The van der Waals surface area contributed by atoms with Gasteiger partial charge in [0.1, 0.15) is 5.60 Å². The quantitative estimate of drug-likeness (QED) is 0.317. The molecule has 34 heavy (non-hydrogen) atoms. The van der Waals surface area contributed by atoms with Crippen LogP contribution in [0.25, 0.3) is 0 Å². The zero-order valence-corrected chi connectivity index (χ0v) is 22.0. The number of ketones is 2. The van der Waals surface area contributed by atoms with E-state index < -0.39 is 59.7 Å². The average molecular weight is 483 g/mol. The summed E-state index contributed by atoms with van der Waals surface area (Å²) in [4.78, 5) is 47.2. The fourth-order valence-electron chi connectivity index (χ4n) is 7.33. The summed E-state index contributed by atoms with van der Waals surface area (Å²) in [5.41, 5.74) is -2.02. The molecule has 9 heteroatoms. The number of allylic oxidation sites excluding steroid dienone is 4. The van der Waals surface area contributed by atoms with Crippen molar-refractivity contribution in [3.63, 3.8) is 0 Å². The molecule has 2 N–H and O–H groups in total. The molecule has 0 amide bonds. The van der Waals surface area contributed by atoms with Crippen molar-refractivity contribution >= 4 is 23.5 Å². The molecule has 0 aliphatic heterocycles. The minimum Gasteiger partial charge on any atom is -0.550 e. The molecular weight excluding hydrogens is 451 g/mol. The molecular formula is C25H31NaO8. The first-order valence-corrected chi connectivity index (χ1v) is 11.7. The van der Waals surface area contributed by atoms with Crippen molar-refractivity contribution in [2.45, 2.75) is 70.5 Å². The van der Waals surface area contributed by atoms with Crippen molar-refractivity contribution in [2.75, 3.05) is 6.61 Å². The second-order valence-electron chi connectivity index (χ2n) is 10.6. The Balaban J connectivity index is 0.00000324. The molecule has 0 aromatic rings. The Morgan fingerprint density at radius 1 is 1.21 bits per heavy atom. The molecule has 8 nitrogen and oxygen atoms in total. The van der Waals surface area contributed by atoms with Crippen LogP contribution in [0.1, 0.15) is 58.8 Å². The summed E-state index contributed by atoms with van der Waals surface area (Å²) < 4.78 is 4.94. The van der Waals surface area contributed by atoms with Crippen LogP contribution in [0, 0.1) is 28.6 Å². The summed E-state index contributed by atoms with van der Waals surface area (Å²) >= 11 is 0. The maximum absolute atomic E-state index is 13.1. The molecule has 7 unspecified atom stereocenters. The van der Waals surface area contributed by atoms with Crippen LogP contribution in [0.3, 0.4) is 0 Å². The first-order valence-electron chi connectivity index (χ1n) is 11.7. The van der Waals surface area contributed by atoms with Crippen molar-refractivity contribution in [1.82, 2.24) is 0 Å². The van der Waals surface area contributed by atoms with E-state index in [1.54, 1.807) is 12.2 Å². The van der Waals surface area contributed by atoms with Crippen LogP contribution in [0.5, 0.6) is 0 Å². The van der Waals surface area contributed by atoms with Crippen LogP contribution >= 0.6 is 0 Å². The monoisotopic (exact) mass is 482 g/mol. The molecule has 0 saturated heterocycles. The van der Waals surface area contributed by atoms with Gasteiger partial charge in [-0.25, -0.2) is 0 Å². The number of ether oxygens (including phenoxy) is 1. The third-order valence-corrected chi connectivity index (χ3v) is 9.01. The fourth-order valence-corrected chi connectivity index (χ4v) is 7.33. The van der Waals surface area contributed by atoms with Gasteiger partial charge < -0.3 is 24.9 Å². The van der Waals surface area contributed by atoms with Gasteiger partial charge in [0, 0.05) is 22.7 Å². The normalized spacial score (nSPS) is 40.2. The van der Waals surface area contributed by atoms with E-state index in [2.05, 4.69) is 6.92 Å². The second kappa shape index (κ2) is 9.62. The van der Waals surface area contributed by atoms with E-state index in [1.807, 2.05) is 13.0 Å². The second-order valence-corrected chi connectivity index (χ2v) is 10.6. The number of esters is 1. The molecule has 0 heterocycles. The molecule has 0 radical (unpaired) electrons. The smallest absolute Gasteiger partial charge is 0.550 e. The van der Waals surface area contributed by atoms with Gasteiger partial charge in [0.2, 0.25) is 5.78 Å². The number of carbonyl (C=O) groups excluding carboxylic acids is 4. The van der Waals surface area contributed by atoms with E-state index in [4.69, 9.17) is 4.74 Å². The Kier molecular flexibility index (Phi) is 7.71. The summed E-state index contributed by atoms with van der Waals surface area (Å²) in [6, 6.07) is 0. The number of hydrogen-bond acceptors (Lipinski definition) is 8. The number of rotatable bonds is 6. The molecule has 4 rings (SSSR count). The van der Waals surface area contributed by atoms with Crippen LogP contribution in [0.2, 0.25) is 0 Å². The van der Waals surface area contributed by atoms with Gasteiger partial charge in [-0.15, -0.1) is 0 Å². The van der Waals surface area contributed by atoms with Gasteiger partial charge in [-0.05, 0) is 62.5 Å². The van der Waals surface area contributed by atoms with Gasteiger partial charge in [0.15, 0.2) is 12.4 Å². The minimum absolute atomic E-state index is 0. The average Bonchev–Trinajstić information content (AvgIpc) is 3.02. The van der Waals surface area contributed by atoms with Crippen LogP contribution in [0.15, 0.2) is 23.8 Å². The summed E-state index contributed by atoms with van der Waals surface area (Å²) in [5, 5.41) is 33.4. The number of carbonyl (C=O) groups is 4. The molecule has 0 spiro atoms. The number of aliphatic hydroxyl groups excluding tert-OH is 1. The third-order valence-electron chi connectivity index (χ3n) is 9.01. The Morgan fingerprint density at radius 3 is 2.59 bits per heavy atom. The predicted octanol–water partition coefficient (Wildman–Crippen LogP) is -2.36. The number of fused-ring (bicyclic) bond motifs is 5. The van der Waals surface area contributed by atoms with Crippen LogP contribution in [-0.2, 0) is 23.9 Å². The zero-order valence-electron chi connectivity index (χ0n) is 20.0. The van der Waals surface area contributed by atoms with Crippen molar-refractivity contribution in [2.24, 2.45) is 28.6 Å². The molecule has 0 bridgehead atoms. The Morgan fingerprint density at radius 2 is 1.91 bits per heavy atom. The molecule has 4 aliphatic carbocycles. The van der Waals surface area contributed by atoms with Crippen LogP contribution in [-0.4, -0.2) is 52.0 Å². The first kappa shape index (κ1) is 27.3. The Labute approximate surface area is 221 Å². The van der Waals surface area contributed by atoms with Gasteiger partial charge in [-0.3, -0.25) is 14.4 Å². The molecule has 4 aliphatic rings. The SMILES string of the molecule is CC12C=CC(=O)C=C1CCC1C2C(O)CC2(C)C1CCC2(O)C(=O)COC(=O)CCC(=O)[O-].[Na+]. The molecule has 180 valence electrons. The van der Waals surface area contributed by atoms with Crippen molar-refractivity contribution in [3.8, 4) is 0 Å². The summed E-state index contributed by atoms with van der Waals surface area (Å²) in [7, 11) is 0. The number of aliphatic carboxylic acids is 1. The minimum atomic E-state index is -1.74. The van der Waals surface area contributed by atoms with Gasteiger partial charge in [-0.2, -0.15) is 0 Å². The van der Waals surface area contributed by atoms with Gasteiger partial charge in [0.25, 0.3) is 0 Å². The van der Waals surface area contributed by atoms with E-state index >= 15 is 0 Å². The molecule has 3 fully saturated rings. The number of Topliss-reactive ketones (excluding diaryl/α,β-unsaturated/α-hetero) is 1. The zero-order chi connectivity index (χ0) is 24.2. The summed E-state index contributed by atoms with van der Waals surface area (Å²) in [6.07, 6.45) is 6.04. The first-order chi connectivity index (χ1) is 15.4. The predicted molar refractivity (Wildman–Crippen MR) is 113 cm³/mol. The third kappa shape index (κ3) is 4.26.